The molecule has 2 aromatic carbocycles. The first-order valence-corrected chi connectivity index (χ1v) is 5.78. The van der Waals surface area contributed by atoms with Gasteiger partial charge in [-0.15, -0.1) is 0 Å². The molecule has 88 valence electrons. The lowest BCUT2D eigenvalue weighted by molar-refractivity contribution is 0.288. The van der Waals surface area contributed by atoms with Crippen LogP contribution in [0.15, 0.2) is 46.9 Å². The van der Waals surface area contributed by atoms with Crippen LogP contribution in [0.5, 0.6) is 5.75 Å². The van der Waals surface area contributed by atoms with E-state index in [1.165, 1.54) is 6.07 Å². The van der Waals surface area contributed by atoms with Crippen LogP contribution in [0.3, 0.4) is 0 Å². The molecule has 0 heterocycles. The summed E-state index contributed by atoms with van der Waals surface area (Å²) in [6, 6.07) is 11.8. The lowest BCUT2D eigenvalue weighted by Gasteiger charge is -2.08. The van der Waals surface area contributed by atoms with Gasteiger partial charge in [-0.3, -0.25) is 0 Å². The van der Waals surface area contributed by atoms with Crippen LogP contribution in [0.1, 0.15) is 5.56 Å². The monoisotopic (exact) mass is 298 g/mol. The van der Waals surface area contributed by atoms with E-state index >= 15 is 0 Å². The predicted molar refractivity (Wildman–Crippen MR) is 64.8 cm³/mol. The molecule has 0 bridgehead atoms. The molecular formula is C13H9BrF2O. The minimum Gasteiger partial charge on any atom is -0.486 e. The molecule has 0 radical (unpaired) electrons. The standard InChI is InChI=1S/C13H9BrF2O/c14-12-10(15)6-7-11(13(12)16)17-8-9-4-2-1-3-5-9/h1-7H,8H2. The molecular weight excluding hydrogens is 290 g/mol. The minimum absolute atomic E-state index is 0.0297. The maximum atomic E-state index is 13.6. The summed E-state index contributed by atoms with van der Waals surface area (Å²) in [4.78, 5) is 0. The maximum absolute atomic E-state index is 13.6. The molecule has 0 unspecified atom stereocenters. The van der Waals surface area contributed by atoms with E-state index in [1.807, 2.05) is 30.3 Å². The summed E-state index contributed by atoms with van der Waals surface area (Å²) in [5.74, 6) is -1.34. The van der Waals surface area contributed by atoms with E-state index in [4.69, 9.17) is 4.74 Å². The van der Waals surface area contributed by atoms with Crippen molar-refractivity contribution in [3.8, 4) is 5.75 Å². The molecule has 17 heavy (non-hydrogen) atoms. The van der Waals surface area contributed by atoms with Crippen LogP contribution >= 0.6 is 15.9 Å². The zero-order valence-corrected chi connectivity index (χ0v) is 10.4. The Bertz CT molecular complexity index is 514. The highest BCUT2D eigenvalue weighted by Crippen LogP contribution is 2.28. The van der Waals surface area contributed by atoms with Crippen molar-refractivity contribution in [3.05, 3.63) is 64.1 Å². The van der Waals surface area contributed by atoms with Crippen LogP contribution in [0, 0.1) is 11.6 Å². The van der Waals surface area contributed by atoms with Crippen LogP contribution in [0.25, 0.3) is 0 Å². The Hall–Kier alpha value is -1.42. The summed E-state index contributed by atoms with van der Waals surface area (Å²) in [6.45, 7) is 0.246. The fraction of sp³-hybridized carbons (Fsp3) is 0.0769. The van der Waals surface area contributed by atoms with E-state index in [0.29, 0.717) is 0 Å². The first-order chi connectivity index (χ1) is 8.18. The van der Waals surface area contributed by atoms with E-state index in [-0.39, 0.29) is 16.8 Å². The fourth-order valence-electron chi connectivity index (χ4n) is 1.35. The molecule has 0 fully saturated rings. The summed E-state index contributed by atoms with van der Waals surface area (Å²) in [5, 5.41) is 0. The van der Waals surface area contributed by atoms with Gasteiger partial charge in [0.25, 0.3) is 0 Å². The normalized spacial score (nSPS) is 10.3. The van der Waals surface area contributed by atoms with Gasteiger partial charge in [0, 0.05) is 0 Å². The Morgan fingerprint density at radius 2 is 1.71 bits per heavy atom. The topological polar surface area (TPSA) is 9.23 Å². The summed E-state index contributed by atoms with van der Waals surface area (Å²) < 4.78 is 31.6. The van der Waals surface area contributed by atoms with Gasteiger partial charge in [-0.2, -0.15) is 0 Å². The third-order valence-corrected chi connectivity index (χ3v) is 2.96. The van der Waals surface area contributed by atoms with Gasteiger partial charge in [0.15, 0.2) is 11.6 Å². The van der Waals surface area contributed by atoms with Crippen molar-refractivity contribution in [3.63, 3.8) is 0 Å². The second kappa shape index (κ2) is 5.27. The molecule has 0 saturated carbocycles. The first-order valence-electron chi connectivity index (χ1n) is 4.98. The summed E-state index contributed by atoms with van der Waals surface area (Å²) in [7, 11) is 0. The predicted octanol–water partition coefficient (Wildman–Crippen LogP) is 4.31. The number of hydrogen-bond donors (Lipinski definition) is 0. The van der Waals surface area contributed by atoms with E-state index in [2.05, 4.69) is 15.9 Å². The second-order valence-electron chi connectivity index (χ2n) is 3.45. The number of ether oxygens (including phenoxy) is 1. The van der Waals surface area contributed by atoms with Gasteiger partial charge in [-0.25, -0.2) is 8.78 Å². The first kappa shape index (κ1) is 12.0. The van der Waals surface area contributed by atoms with Crippen molar-refractivity contribution in [2.24, 2.45) is 0 Å². The van der Waals surface area contributed by atoms with Gasteiger partial charge in [-0.1, -0.05) is 30.3 Å². The van der Waals surface area contributed by atoms with Crippen molar-refractivity contribution in [1.29, 1.82) is 0 Å². The van der Waals surface area contributed by atoms with Gasteiger partial charge < -0.3 is 4.74 Å². The Morgan fingerprint density at radius 1 is 1.00 bits per heavy atom. The molecule has 1 nitrogen and oxygen atoms in total. The smallest absolute Gasteiger partial charge is 0.182 e. The highest BCUT2D eigenvalue weighted by Gasteiger charge is 2.12. The van der Waals surface area contributed by atoms with Crippen LogP contribution in [-0.4, -0.2) is 0 Å². The lowest BCUT2D eigenvalue weighted by atomic mass is 10.2. The van der Waals surface area contributed by atoms with E-state index < -0.39 is 11.6 Å². The summed E-state index contributed by atoms with van der Waals surface area (Å²) >= 11 is 2.83. The quantitative estimate of drug-likeness (QED) is 0.768. The van der Waals surface area contributed by atoms with Crippen molar-refractivity contribution >= 4 is 15.9 Å². The number of hydrogen-bond acceptors (Lipinski definition) is 1. The molecule has 0 amide bonds. The van der Waals surface area contributed by atoms with Gasteiger partial charge in [0.2, 0.25) is 0 Å². The molecule has 0 saturated heterocycles. The fourth-order valence-corrected chi connectivity index (χ4v) is 1.68. The highest BCUT2D eigenvalue weighted by molar-refractivity contribution is 9.10. The highest BCUT2D eigenvalue weighted by atomic mass is 79.9. The van der Waals surface area contributed by atoms with Crippen molar-refractivity contribution in [1.82, 2.24) is 0 Å². The van der Waals surface area contributed by atoms with Crippen LogP contribution in [0.2, 0.25) is 0 Å². The molecule has 2 rings (SSSR count). The summed E-state index contributed by atoms with van der Waals surface area (Å²) in [5.41, 5.74) is 0.923. The van der Waals surface area contributed by atoms with Crippen LogP contribution in [0.4, 0.5) is 8.78 Å². The number of rotatable bonds is 3. The van der Waals surface area contributed by atoms with Gasteiger partial charge in [0.1, 0.15) is 12.4 Å². The third kappa shape index (κ3) is 2.82. The van der Waals surface area contributed by atoms with Gasteiger partial charge in [0.05, 0.1) is 4.47 Å². The van der Waals surface area contributed by atoms with Gasteiger partial charge in [-0.05, 0) is 33.6 Å². The van der Waals surface area contributed by atoms with Gasteiger partial charge >= 0.3 is 0 Å². The average molecular weight is 299 g/mol. The minimum atomic E-state index is -0.721. The molecule has 0 aliphatic heterocycles. The molecule has 0 spiro atoms. The van der Waals surface area contributed by atoms with E-state index in [9.17, 15) is 8.78 Å². The second-order valence-corrected chi connectivity index (χ2v) is 4.24. The number of benzene rings is 2. The maximum Gasteiger partial charge on any atom is 0.182 e. The molecule has 0 atom stereocenters. The third-order valence-electron chi connectivity index (χ3n) is 2.24. The molecule has 0 aromatic heterocycles. The van der Waals surface area contributed by atoms with E-state index in [1.54, 1.807) is 0 Å². The molecule has 0 N–H and O–H groups in total. The van der Waals surface area contributed by atoms with Crippen molar-refractivity contribution < 1.29 is 13.5 Å². The van der Waals surface area contributed by atoms with Crippen molar-refractivity contribution in [2.45, 2.75) is 6.61 Å². The Morgan fingerprint density at radius 3 is 2.41 bits per heavy atom. The number of halogens is 3. The zero-order valence-electron chi connectivity index (χ0n) is 8.79. The van der Waals surface area contributed by atoms with Crippen LogP contribution < -0.4 is 4.74 Å². The Kier molecular flexibility index (Phi) is 3.74. The zero-order chi connectivity index (χ0) is 12.3. The van der Waals surface area contributed by atoms with E-state index in [0.717, 1.165) is 11.6 Å². The lowest BCUT2D eigenvalue weighted by Crippen LogP contribution is -1.98. The van der Waals surface area contributed by atoms with Crippen molar-refractivity contribution in [2.75, 3.05) is 0 Å². The SMILES string of the molecule is Fc1ccc(OCc2ccccc2)c(F)c1Br. The molecule has 2 aromatic rings. The Labute approximate surface area is 106 Å². The average Bonchev–Trinajstić information content (AvgIpc) is 2.36. The molecule has 0 aliphatic rings. The molecule has 4 heteroatoms. The van der Waals surface area contributed by atoms with Crippen LogP contribution in [-0.2, 0) is 6.61 Å². The Balaban J connectivity index is 2.13. The summed E-state index contributed by atoms with van der Waals surface area (Å²) in [6.07, 6.45) is 0. The molecule has 0 aliphatic carbocycles. The largest absolute Gasteiger partial charge is 0.486 e.